The molecule has 3 nitrogen and oxygen atoms in total. The van der Waals surface area contributed by atoms with Crippen molar-refractivity contribution in [1.82, 2.24) is 0 Å². The van der Waals surface area contributed by atoms with Gasteiger partial charge in [0.25, 0.3) is 0 Å². The number of quaternary nitrogens is 1. The summed E-state index contributed by atoms with van der Waals surface area (Å²) in [6.07, 6.45) is 5.54. The molecular weight excluding hydrogens is 310 g/mol. The highest BCUT2D eigenvalue weighted by molar-refractivity contribution is 5.19. The molecule has 0 fully saturated rings. The maximum atomic E-state index is 10.7. The fourth-order valence-electron chi connectivity index (χ4n) is 4.04. The molecule has 0 spiro atoms. The largest absolute Gasteiger partial charge is 0.390 e. The molecule has 1 aliphatic rings. The van der Waals surface area contributed by atoms with E-state index in [1.807, 2.05) is 48.5 Å². The molecule has 2 aromatic rings. The van der Waals surface area contributed by atoms with Gasteiger partial charge in [0, 0.05) is 18.4 Å². The second-order valence-electron chi connectivity index (χ2n) is 7.16. The molecule has 0 saturated carbocycles. The molecule has 2 N–H and O–H groups in total. The first-order valence-corrected chi connectivity index (χ1v) is 9.04. The zero-order chi connectivity index (χ0) is 17.7. The van der Waals surface area contributed by atoms with Crippen molar-refractivity contribution < 1.29 is 14.7 Å². The zero-order valence-electron chi connectivity index (χ0n) is 14.8. The van der Waals surface area contributed by atoms with Gasteiger partial charge >= 0.3 is 0 Å². The van der Waals surface area contributed by atoms with Crippen molar-refractivity contribution in [2.75, 3.05) is 20.2 Å². The maximum Gasteiger partial charge on any atom is 0.138 e. The predicted molar refractivity (Wildman–Crippen MR) is 101 cm³/mol. The molecule has 3 rings (SSSR count). The van der Waals surface area contributed by atoms with Gasteiger partial charge in [-0.15, -0.1) is 0 Å². The number of likely N-dealkylation sites (N-methyl/N-ethyl adjacent to an activating group) is 1. The Morgan fingerprint density at radius 1 is 0.960 bits per heavy atom. The first-order valence-electron chi connectivity index (χ1n) is 9.04. The molecule has 132 valence electrons. The molecule has 0 radical (unpaired) electrons. The van der Waals surface area contributed by atoms with E-state index in [9.17, 15) is 10.2 Å². The van der Waals surface area contributed by atoms with Gasteiger partial charge in [-0.3, -0.25) is 0 Å². The van der Waals surface area contributed by atoms with Crippen LogP contribution in [0.15, 0.2) is 72.8 Å². The van der Waals surface area contributed by atoms with E-state index in [2.05, 4.69) is 31.3 Å². The summed E-state index contributed by atoms with van der Waals surface area (Å²) in [4.78, 5) is 0. The van der Waals surface area contributed by atoms with E-state index < -0.39 is 6.10 Å². The maximum absolute atomic E-state index is 10.7. The van der Waals surface area contributed by atoms with Crippen molar-refractivity contribution in [2.24, 2.45) is 0 Å². The summed E-state index contributed by atoms with van der Waals surface area (Å²) in [5.41, 5.74) is 2.12. The van der Waals surface area contributed by atoms with E-state index in [1.54, 1.807) is 0 Å². The van der Waals surface area contributed by atoms with E-state index in [4.69, 9.17) is 0 Å². The summed E-state index contributed by atoms with van der Waals surface area (Å²) in [6, 6.07) is 20.4. The fraction of sp³-hybridized carbons (Fsp3) is 0.364. The summed E-state index contributed by atoms with van der Waals surface area (Å²) in [6.45, 7) is 0.971. The monoisotopic (exact) mass is 338 g/mol. The van der Waals surface area contributed by atoms with Gasteiger partial charge in [-0.05, 0) is 11.6 Å². The van der Waals surface area contributed by atoms with Crippen molar-refractivity contribution in [3.8, 4) is 0 Å². The lowest BCUT2D eigenvalue weighted by molar-refractivity contribution is -0.959. The summed E-state index contributed by atoms with van der Waals surface area (Å²) in [7, 11) is 2.21. The van der Waals surface area contributed by atoms with E-state index >= 15 is 0 Å². The van der Waals surface area contributed by atoms with Gasteiger partial charge in [0.2, 0.25) is 0 Å². The van der Waals surface area contributed by atoms with Crippen LogP contribution in [0.4, 0.5) is 0 Å². The first kappa shape index (κ1) is 17.9. The van der Waals surface area contributed by atoms with Gasteiger partial charge < -0.3 is 14.7 Å². The van der Waals surface area contributed by atoms with E-state index in [0.717, 1.165) is 28.6 Å². The van der Waals surface area contributed by atoms with E-state index in [-0.39, 0.29) is 18.7 Å². The van der Waals surface area contributed by atoms with Gasteiger partial charge in [-0.25, -0.2) is 0 Å². The minimum Gasteiger partial charge on any atom is -0.390 e. The molecule has 1 unspecified atom stereocenters. The summed E-state index contributed by atoms with van der Waals surface area (Å²) >= 11 is 0. The zero-order valence-corrected chi connectivity index (χ0v) is 14.8. The predicted octanol–water partition coefficient (Wildman–Crippen LogP) is 3.62. The van der Waals surface area contributed by atoms with Crippen molar-refractivity contribution in [2.45, 2.75) is 31.0 Å². The fourth-order valence-corrected chi connectivity index (χ4v) is 4.04. The number of hydrogen-bond acceptors (Lipinski definition) is 2. The molecule has 0 aromatic heterocycles. The molecule has 4 atom stereocenters. The van der Waals surface area contributed by atoms with Crippen LogP contribution in [0.1, 0.15) is 36.1 Å². The molecule has 0 saturated heterocycles. The molecule has 1 heterocycles. The van der Waals surface area contributed by atoms with Gasteiger partial charge in [0.05, 0.1) is 32.3 Å². The lowest BCUT2D eigenvalue weighted by Crippen LogP contribution is -2.57. The first-order chi connectivity index (χ1) is 12.1. The average molecular weight is 338 g/mol. The molecule has 25 heavy (non-hydrogen) atoms. The summed E-state index contributed by atoms with van der Waals surface area (Å²) < 4.78 is 0.723. The molecule has 3 heteroatoms. The van der Waals surface area contributed by atoms with Gasteiger partial charge in [0.1, 0.15) is 6.04 Å². The number of nitrogens with zero attached hydrogens (tertiary/aromatic N) is 1. The summed E-state index contributed by atoms with van der Waals surface area (Å²) in [5, 5.41) is 20.9. The third-order valence-electron chi connectivity index (χ3n) is 5.66. The molecule has 1 aliphatic heterocycles. The van der Waals surface area contributed by atoms with Crippen molar-refractivity contribution >= 4 is 0 Å². The normalized spacial score (nSPS) is 25.5. The van der Waals surface area contributed by atoms with Crippen LogP contribution in [0, 0.1) is 0 Å². The second kappa shape index (κ2) is 7.96. The van der Waals surface area contributed by atoms with Crippen LogP contribution >= 0.6 is 0 Å². The Morgan fingerprint density at radius 3 is 2.16 bits per heavy atom. The number of hydrogen-bond donors (Lipinski definition) is 2. The van der Waals surface area contributed by atoms with Crippen LogP contribution in [0.25, 0.3) is 0 Å². The van der Waals surface area contributed by atoms with Gasteiger partial charge in [-0.2, -0.15) is 0 Å². The molecule has 0 aliphatic carbocycles. The Labute approximate surface area is 150 Å². The van der Waals surface area contributed by atoms with Crippen LogP contribution < -0.4 is 0 Å². The Kier molecular flexibility index (Phi) is 5.69. The van der Waals surface area contributed by atoms with Gasteiger partial charge in [-0.1, -0.05) is 66.7 Å². The quantitative estimate of drug-likeness (QED) is 0.624. The lowest BCUT2D eigenvalue weighted by atomic mass is 9.91. The number of aliphatic hydroxyl groups excluding tert-OH is 2. The Balaban J connectivity index is 1.85. The molecule has 2 aromatic carbocycles. The number of benzene rings is 2. The average Bonchev–Trinajstić information content (AvgIpc) is 2.66. The highest BCUT2D eigenvalue weighted by Crippen LogP contribution is 2.37. The Hall–Kier alpha value is -1.94. The number of aliphatic hydroxyl groups is 2. The minimum absolute atomic E-state index is 0.0131. The van der Waals surface area contributed by atoms with Crippen LogP contribution in [-0.2, 0) is 0 Å². The lowest BCUT2D eigenvalue weighted by Gasteiger charge is -2.48. The third kappa shape index (κ3) is 3.84. The van der Waals surface area contributed by atoms with Gasteiger partial charge in [0.15, 0.2) is 0 Å². The van der Waals surface area contributed by atoms with Crippen LogP contribution in [0.2, 0.25) is 0 Å². The van der Waals surface area contributed by atoms with Crippen LogP contribution in [0.5, 0.6) is 0 Å². The van der Waals surface area contributed by atoms with Crippen molar-refractivity contribution in [1.29, 1.82) is 0 Å². The molecule has 0 amide bonds. The number of rotatable bonds is 6. The van der Waals surface area contributed by atoms with E-state index in [1.165, 1.54) is 0 Å². The molecule has 0 bridgehead atoms. The van der Waals surface area contributed by atoms with E-state index in [0.29, 0.717) is 6.42 Å². The Morgan fingerprint density at radius 2 is 1.56 bits per heavy atom. The van der Waals surface area contributed by atoms with Crippen molar-refractivity contribution in [3.05, 3.63) is 83.9 Å². The molecular formula is C22H28NO2+. The smallest absolute Gasteiger partial charge is 0.138 e. The summed E-state index contributed by atoms with van der Waals surface area (Å²) in [5.74, 6) is 0. The minimum atomic E-state index is -0.481. The van der Waals surface area contributed by atoms with Crippen molar-refractivity contribution in [3.63, 3.8) is 0 Å². The second-order valence-corrected chi connectivity index (χ2v) is 7.16. The standard InChI is InChI=1S/C22H28NO2/c1-23(21(17-24)18-10-4-2-5-11-18)15-9-8-14-20(23)16-22(25)19-12-6-3-7-13-19/h2-13,20-22,24-25H,14-17H2,1H3/q+1/t20-,21+,22+,23?/m0/s1. The third-order valence-corrected chi connectivity index (χ3v) is 5.66. The van der Waals surface area contributed by atoms with Crippen LogP contribution in [-0.4, -0.2) is 40.9 Å². The topological polar surface area (TPSA) is 40.5 Å². The highest BCUT2D eigenvalue weighted by atomic mass is 16.3. The Bertz CT molecular complexity index is 686. The highest BCUT2D eigenvalue weighted by Gasteiger charge is 2.41. The van der Waals surface area contributed by atoms with Crippen LogP contribution in [0.3, 0.4) is 0 Å². The SMILES string of the molecule is C[N+]1([C@H](CO)c2ccccc2)CC=CC[C@H]1C[C@@H](O)c1ccccc1.